The number of carbonyl (C=O) groups excluding carboxylic acids is 1. The number of nitrogens with zero attached hydrogens (tertiary/aromatic N) is 4. The Hall–Kier alpha value is -3.43. The average Bonchev–Trinajstić information content (AvgIpc) is 3.17. The molecule has 3 aromatic rings. The van der Waals surface area contributed by atoms with Crippen molar-refractivity contribution in [3.05, 3.63) is 54.1 Å². The van der Waals surface area contributed by atoms with Crippen LogP contribution < -0.4 is 10.1 Å². The number of hydrogen-bond acceptors (Lipinski definition) is 5. The number of rotatable bonds is 8. The summed E-state index contributed by atoms with van der Waals surface area (Å²) in [7, 11) is 0. The minimum atomic E-state index is -4.46. The molecule has 0 spiro atoms. The van der Waals surface area contributed by atoms with E-state index in [0.29, 0.717) is 18.8 Å². The first-order valence-corrected chi connectivity index (χ1v) is 9.23. The maximum atomic E-state index is 12.4. The van der Waals surface area contributed by atoms with E-state index in [-0.39, 0.29) is 23.8 Å². The van der Waals surface area contributed by atoms with Gasteiger partial charge in [-0.15, -0.1) is 10.2 Å². The van der Waals surface area contributed by atoms with Gasteiger partial charge in [0.1, 0.15) is 5.75 Å². The largest absolute Gasteiger partial charge is 0.482 e. The second-order valence-electron chi connectivity index (χ2n) is 6.63. The van der Waals surface area contributed by atoms with Crippen LogP contribution in [0.1, 0.15) is 18.4 Å². The van der Waals surface area contributed by atoms with E-state index >= 15 is 0 Å². The first-order valence-electron chi connectivity index (χ1n) is 9.23. The van der Waals surface area contributed by atoms with Gasteiger partial charge in [-0.25, -0.2) is 0 Å². The molecular weight excluding hydrogens is 399 g/mol. The van der Waals surface area contributed by atoms with Crippen LogP contribution in [0.15, 0.2) is 48.5 Å². The molecule has 0 atom stereocenters. The minimum Gasteiger partial charge on any atom is -0.482 e. The van der Waals surface area contributed by atoms with Gasteiger partial charge in [-0.3, -0.25) is 4.79 Å². The Balaban J connectivity index is 1.52. The molecule has 3 rings (SSSR count). The monoisotopic (exact) mass is 419 g/mol. The second-order valence-corrected chi connectivity index (χ2v) is 6.63. The number of amides is 1. The Kier molecular flexibility index (Phi) is 6.65. The van der Waals surface area contributed by atoms with Crippen LogP contribution in [-0.4, -0.2) is 38.9 Å². The maximum absolute atomic E-state index is 12.4. The zero-order valence-corrected chi connectivity index (χ0v) is 16.2. The lowest BCUT2D eigenvalue weighted by atomic mass is 10.2. The molecule has 0 aliphatic carbocycles. The SMILES string of the molecule is Cc1ccc(NC(=O)CCCn2nnc(-c3ccccc3)n2)c(OCC(F)(F)F)c1. The lowest BCUT2D eigenvalue weighted by Gasteiger charge is -2.14. The summed E-state index contributed by atoms with van der Waals surface area (Å²) in [5.74, 6) is 0.122. The first-order chi connectivity index (χ1) is 14.3. The Labute approximate surface area is 170 Å². The Bertz CT molecular complexity index is 990. The number of nitrogens with one attached hydrogen (secondary N) is 1. The van der Waals surface area contributed by atoms with Gasteiger partial charge >= 0.3 is 6.18 Å². The van der Waals surface area contributed by atoms with Gasteiger partial charge in [0.2, 0.25) is 11.7 Å². The van der Waals surface area contributed by atoms with Gasteiger partial charge in [0.15, 0.2) is 6.61 Å². The predicted octanol–water partition coefficient (Wildman–Crippen LogP) is 4.01. The standard InChI is InChI=1S/C20H20F3N5O2/c1-14-9-10-16(17(12-14)30-13-20(21,22)23)24-18(29)8-5-11-28-26-19(25-27-28)15-6-3-2-4-7-15/h2-4,6-7,9-10,12H,5,8,11,13H2,1H3,(H,24,29). The van der Waals surface area contributed by atoms with Crippen molar-refractivity contribution in [1.29, 1.82) is 0 Å². The van der Waals surface area contributed by atoms with Crippen molar-refractivity contribution in [2.75, 3.05) is 11.9 Å². The van der Waals surface area contributed by atoms with Crippen molar-refractivity contribution in [3.8, 4) is 17.1 Å². The number of hydrogen-bond donors (Lipinski definition) is 1. The van der Waals surface area contributed by atoms with Crippen molar-refractivity contribution in [2.45, 2.75) is 32.5 Å². The molecule has 1 amide bonds. The molecule has 1 heterocycles. The summed E-state index contributed by atoms with van der Waals surface area (Å²) in [6, 6.07) is 14.0. The van der Waals surface area contributed by atoms with Gasteiger partial charge in [0.25, 0.3) is 0 Å². The molecule has 0 saturated carbocycles. The van der Waals surface area contributed by atoms with Crippen molar-refractivity contribution in [3.63, 3.8) is 0 Å². The maximum Gasteiger partial charge on any atom is 0.422 e. The number of ether oxygens (including phenoxy) is 1. The molecule has 0 radical (unpaired) electrons. The van der Waals surface area contributed by atoms with Crippen LogP contribution >= 0.6 is 0 Å². The molecule has 0 unspecified atom stereocenters. The van der Waals surface area contributed by atoms with Crippen LogP contribution in [0, 0.1) is 6.92 Å². The number of alkyl halides is 3. The number of anilines is 1. The van der Waals surface area contributed by atoms with Crippen molar-refractivity contribution >= 4 is 11.6 Å². The number of aromatic nitrogens is 4. The zero-order valence-electron chi connectivity index (χ0n) is 16.2. The van der Waals surface area contributed by atoms with Crippen LogP contribution in [-0.2, 0) is 11.3 Å². The molecule has 10 heteroatoms. The Morgan fingerprint density at radius 2 is 1.93 bits per heavy atom. The number of halogens is 3. The number of tetrazole rings is 1. The molecule has 0 saturated heterocycles. The summed E-state index contributed by atoms with van der Waals surface area (Å²) < 4.78 is 42.2. The number of aryl methyl sites for hydroxylation is 2. The van der Waals surface area contributed by atoms with E-state index in [0.717, 1.165) is 11.1 Å². The molecule has 0 aliphatic heterocycles. The van der Waals surface area contributed by atoms with Gasteiger partial charge < -0.3 is 10.1 Å². The molecule has 158 valence electrons. The minimum absolute atomic E-state index is 0.0221. The van der Waals surface area contributed by atoms with Gasteiger partial charge in [-0.2, -0.15) is 18.0 Å². The summed E-state index contributed by atoms with van der Waals surface area (Å²) in [4.78, 5) is 13.6. The van der Waals surface area contributed by atoms with Crippen LogP contribution in [0.4, 0.5) is 18.9 Å². The third-order valence-corrected chi connectivity index (χ3v) is 4.05. The third-order valence-electron chi connectivity index (χ3n) is 4.05. The van der Waals surface area contributed by atoms with Crippen molar-refractivity contribution in [1.82, 2.24) is 20.2 Å². The zero-order chi connectivity index (χ0) is 21.6. The molecule has 2 aromatic carbocycles. The molecule has 1 N–H and O–H groups in total. The molecule has 0 fully saturated rings. The van der Waals surface area contributed by atoms with E-state index in [1.165, 1.54) is 16.9 Å². The predicted molar refractivity (Wildman–Crippen MR) is 104 cm³/mol. The highest BCUT2D eigenvalue weighted by atomic mass is 19.4. The van der Waals surface area contributed by atoms with Gasteiger partial charge in [-0.1, -0.05) is 36.4 Å². The lowest BCUT2D eigenvalue weighted by molar-refractivity contribution is -0.153. The van der Waals surface area contributed by atoms with E-state index in [4.69, 9.17) is 4.74 Å². The Morgan fingerprint density at radius 3 is 2.67 bits per heavy atom. The molecule has 0 aliphatic rings. The lowest BCUT2D eigenvalue weighted by Crippen LogP contribution is -2.20. The highest BCUT2D eigenvalue weighted by Crippen LogP contribution is 2.28. The summed E-state index contributed by atoms with van der Waals surface area (Å²) in [6.45, 7) is 0.667. The topological polar surface area (TPSA) is 81.9 Å². The number of carbonyl (C=O) groups is 1. The fourth-order valence-electron chi connectivity index (χ4n) is 2.65. The van der Waals surface area contributed by atoms with E-state index in [1.807, 2.05) is 30.3 Å². The fourth-order valence-corrected chi connectivity index (χ4v) is 2.65. The van der Waals surface area contributed by atoms with E-state index in [1.54, 1.807) is 13.0 Å². The Morgan fingerprint density at radius 1 is 1.17 bits per heavy atom. The molecule has 7 nitrogen and oxygen atoms in total. The van der Waals surface area contributed by atoms with E-state index < -0.39 is 12.8 Å². The highest BCUT2D eigenvalue weighted by molar-refractivity contribution is 5.92. The van der Waals surface area contributed by atoms with Crippen LogP contribution in [0.25, 0.3) is 11.4 Å². The summed E-state index contributed by atoms with van der Waals surface area (Å²) >= 11 is 0. The smallest absolute Gasteiger partial charge is 0.422 e. The van der Waals surface area contributed by atoms with E-state index in [2.05, 4.69) is 20.7 Å². The van der Waals surface area contributed by atoms with Gasteiger partial charge in [0, 0.05) is 12.0 Å². The first kappa shape index (κ1) is 21.3. The highest BCUT2D eigenvalue weighted by Gasteiger charge is 2.29. The van der Waals surface area contributed by atoms with Crippen molar-refractivity contribution in [2.24, 2.45) is 0 Å². The van der Waals surface area contributed by atoms with Crippen LogP contribution in [0.3, 0.4) is 0 Å². The second kappa shape index (κ2) is 9.38. The number of benzene rings is 2. The third kappa shape index (κ3) is 6.29. The fraction of sp³-hybridized carbons (Fsp3) is 0.300. The van der Waals surface area contributed by atoms with E-state index in [9.17, 15) is 18.0 Å². The molecular formula is C20H20F3N5O2. The molecule has 1 aromatic heterocycles. The average molecular weight is 419 g/mol. The van der Waals surface area contributed by atoms with Crippen LogP contribution in [0.2, 0.25) is 0 Å². The molecule has 0 bridgehead atoms. The van der Waals surface area contributed by atoms with Crippen molar-refractivity contribution < 1.29 is 22.7 Å². The molecule has 30 heavy (non-hydrogen) atoms. The summed E-state index contributed by atoms with van der Waals surface area (Å²) in [5.41, 5.74) is 1.75. The normalized spacial score (nSPS) is 11.3. The quantitative estimate of drug-likeness (QED) is 0.597. The van der Waals surface area contributed by atoms with Crippen LogP contribution in [0.5, 0.6) is 5.75 Å². The van der Waals surface area contributed by atoms with Gasteiger partial charge in [-0.05, 0) is 36.3 Å². The van der Waals surface area contributed by atoms with Gasteiger partial charge in [0.05, 0.1) is 12.2 Å². The summed E-state index contributed by atoms with van der Waals surface area (Å²) in [5, 5.41) is 14.8. The summed E-state index contributed by atoms with van der Waals surface area (Å²) in [6.07, 6.45) is -3.90.